The lowest BCUT2D eigenvalue weighted by molar-refractivity contribution is 0.242. The third-order valence-corrected chi connectivity index (χ3v) is 4.81. The highest BCUT2D eigenvalue weighted by atomic mass is 32.2. The monoisotopic (exact) mass is 378 g/mol. The van der Waals surface area contributed by atoms with Crippen LogP contribution >= 0.6 is 0 Å². The fourth-order valence-electron chi connectivity index (χ4n) is 2.14. The van der Waals surface area contributed by atoms with E-state index in [4.69, 9.17) is 4.74 Å². The molecule has 8 heteroatoms. The maximum absolute atomic E-state index is 12.4. The normalized spacial score (nSPS) is 11.6. The van der Waals surface area contributed by atoms with E-state index in [9.17, 15) is 8.42 Å². The van der Waals surface area contributed by atoms with E-state index >= 15 is 0 Å². The van der Waals surface area contributed by atoms with Crippen molar-refractivity contribution >= 4 is 21.7 Å². The van der Waals surface area contributed by atoms with Gasteiger partial charge in [0.2, 0.25) is 0 Å². The highest BCUT2D eigenvalue weighted by Crippen LogP contribution is 2.19. The zero-order valence-electron chi connectivity index (χ0n) is 15.6. The number of rotatable bonds is 9. The number of nitrogens with one attached hydrogen (secondary N) is 2. The summed E-state index contributed by atoms with van der Waals surface area (Å²) in [6, 6.07) is 9.53. The summed E-state index contributed by atoms with van der Waals surface area (Å²) >= 11 is 0. The molecule has 0 saturated heterocycles. The van der Waals surface area contributed by atoms with Gasteiger partial charge in [-0.15, -0.1) is 10.2 Å². The fraction of sp³-hybridized carbons (Fsp3) is 0.444. The first-order valence-electron chi connectivity index (χ1n) is 8.63. The van der Waals surface area contributed by atoms with Crippen molar-refractivity contribution in [3.63, 3.8) is 0 Å². The predicted octanol–water partition coefficient (Wildman–Crippen LogP) is 3.52. The van der Waals surface area contributed by atoms with Gasteiger partial charge >= 0.3 is 0 Å². The first-order chi connectivity index (χ1) is 12.3. The minimum Gasteiger partial charge on any atom is -0.491 e. The van der Waals surface area contributed by atoms with Gasteiger partial charge in [-0.2, -0.15) is 0 Å². The summed E-state index contributed by atoms with van der Waals surface area (Å²) in [4.78, 5) is 0.134. The molecule has 2 N–H and O–H groups in total. The van der Waals surface area contributed by atoms with Crippen LogP contribution in [0.25, 0.3) is 0 Å². The van der Waals surface area contributed by atoms with Gasteiger partial charge in [-0.05, 0) is 62.6 Å². The van der Waals surface area contributed by atoms with E-state index < -0.39 is 10.0 Å². The molecule has 0 fully saturated rings. The van der Waals surface area contributed by atoms with E-state index in [1.165, 1.54) is 12.1 Å². The van der Waals surface area contributed by atoms with Crippen molar-refractivity contribution in [1.29, 1.82) is 0 Å². The molecule has 7 nitrogen and oxygen atoms in total. The quantitative estimate of drug-likeness (QED) is 0.693. The molecule has 0 bridgehead atoms. The molecular formula is C18H26N4O3S. The molecule has 2 aromatic rings. The summed E-state index contributed by atoms with van der Waals surface area (Å²) in [5.41, 5.74) is 0. The van der Waals surface area contributed by atoms with Gasteiger partial charge in [-0.1, -0.05) is 13.8 Å². The number of sulfonamides is 1. The Morgan fingerprint density at radius 2 is 1.58 bits per heavy atom. The second kappa shape index (κ2) is 8.84. The highest BCUT2D eigenvalue weighted by molar-refractivity contribution is 7.92. The second-order valence-electron chi connectivity index (χ2n) is 6.66. The largest absolute Gasteiger partial charge is 0.491 e. The van der Waals surface area contributed by atoms with Crippen LogP contribution in [0.5, 0.6) is 5.75 Å². The van der Waals surface area contributed by atoms with Gasteiger partial charge < -0.3 is 10.1 Å². The Kier molecular flexibility index (Phi) is 6.79. The minimum absolute atomic E-state index is 0.0264. The number of benzene rings is 1. The maximum Gasteiger partial charge on any atom is 0.263 e. The molecule has 0 aliphatic carbocycles. The topological polar surface area (TPSA) is 93.2 Å². The average Bonchev–Trinajstić information content (AvgIpc) is 2.56. The van der Waals surface area contributed by atoms with Gasteiger partial charge in [0.05, 0.1) is 11.0 Å². The Balaban J connectivity index is 2.00. The lowest BCUT2D eigenvalue weighted by Gasteiger charge is -2.11. The summed E-state index contributed by atoms with van der Waals surface area (Å²) in [6.45, 7) is 8.90. The van der Waals surface area contributed by atoms with Gasteiger partial charge in [0, 0.05) is 6.54 Å². The number of hydrogen-bond acceptors (Lipinski definition) is 6. The first kappa shape index (κ1) is 20.0. The number of hydrogen-bond donors (Lipinski definition) is 2. The van der Waals surface area contributed by atoms with E-state index in [1.807, 2.05) is 13.8 Å². The molecule has 1 aromatic carbocycles. The van der Waals surface area contributed by atoms with Crippen molar-refractivity contribution < 1.29 is 13.2 Å². The highest BCUT2D eigenvalue weighted by Gasteiger charge is 2.15. The zero-order chi connectivity index (χ0) is 19.2. The molecule has 0 spiro atoms. The summed E-state index contributed by atoms with van der Waals surface area (Å²) < 4.78 is 32.8. The summed E-state index contributed by atoms with van der Waals surface area (Å²) in [6.07, 6.45) is 1.05. The van der Waals surface area contributed by atoms with Crippen LogP contribution in [0, 0.1) is 5.92 Å². The lowest BCUT2D eigenvalue weighted by Crippen LogP contribution is -2.15. The molecule has 0 radical (unpaired) electrons. The van der Waals surface area contributed by atoms with Crippen molar-refractivity contribution in [3.05, 3.63) is 36.4 Å². The first-order valence-corrected chi connectivity index (χ1v) is 10.1. The molecule has 2 rings (SSSR count). The van der Waals surface area contributed by atoms with Crippen LogP contribution in [-0.2, 0) is 10.0 Å². The molecule has 1 heterocycles. The van der Waals surface area contributed by atoms with Gasteiger partial charge in [0.1, 0.15) is 11.6 Å². The molecule has 26 heavy (non-hydrogen) atoms. The van der Waals surface area contributed by atoms with Crippen LogP contribution in [0.4, 0.5) is 11.6 Å². The van der Waals surface area contributed by atoms with E-state index in [1.54, 1.807) is 24.3 Å². The second-order valence-corrected chi connectivity index (χ2v) is 8.34. The van der Waals surface area contributed by atoms with E-state index in [2.05, 4.69) is 34.1 Å². The number of aromatic nitrogens is 2. The van der Waals surface area contributed by atoms with Crippen molar-refractivity contribution in [3.8, 4) is 5.75 Å². The number of ether oxygens (including phenoxy) is 1. The Morgan fingerprint density at radius 3 is 2.12 bits per heavy atom. The van der Waals surface area contributed by atoms with Gasteiger partial charge in [-0.3, -0.25) is 4.72 Å². The molecule has 0 unspecified atom stereocenters. The van der Waals surface area contributed by atoms with Crippen LogP contribution in [0.15, 0.2) is 41.3 Å². The Hall–Kier alpha value is -2.35. The summed E-state index contributed by atoms with van der Waals surface area (Å²) in [7, 11) is -3.73. The smallest absolute Gasteiger partial charge is 0.263 e. The predicted molar refractivity (Wildman–Crippen MR) is 103 cm³/mol. The molecule has 0 atom stereocenters. The molecule has 0 saturated carbocycles. The van der Waals surface area contributed by atoms with Crippen LogP contribution in [0.2, 0.25) is 0 Å². The van der Waals surface area contributed by atoms with Gasteiger partial charge in [-0.25, -0.2) is 8.42 Å². The van der Waals surface area contributed by atoms with E-state index in [0.29, 0.717) is 17.5 Å². The van der Waals surface area contributed by atoms with Crippen molar-refractivity contribution in [2.45, 2.75) is 45.1 Å². The molecule has 0 aliphatic rings. The summed E-state index contributed by atoms with van der Waals surface area (Å²) in [5.74, 6) is 2.00. The average molecular weight is 378 g/mol. The molecule has 142 valence electrons. The number of anilines is 2. The van der Waals surface area contributed by atoms with Crippen molar-refractivity contribution in [1.82, 2.24) is 10.2 Å². The molecule has 0 amide bonds. The van der Waals surface area contributed by atoms with Crippen molar-refractivity contribution in [2.75, 3.05) is 16.6 Å². The lowest BCUT2D eigenvalue weighted by atomic mass is 10.1. The van der Waals surface area contributed by atoms with Crippen LogP contribution < -0.4 is 14.8 Å². The Morgan fingerprint density at radius 1 is 0.962 bits per heavy atom. The SMILES string of the molecule is CC(C)CCNc1ccc(NS(=O)(=O)c2ccc(OC(C)C)cc2)nn1. The van der Waals surface area contributed by atoms with Crippen LogP contribution in [-0.4, -0.2) is 31.3 Å². The standard InChI is InChI=1S/C18H26N4O3S/c1-13(2)11-12-19-17-9-10-18(21-20-17)22-26(23,24)16-7-5-15(6-8-16)25-14(3)4/h5-10,13-14H,11-12H2,1-4H3,(H,19,20)(H,21,22). The van der Waals surface area contributed by atoms with Crippen molar-refractivity contribution in [2.24, 2.45) is 5.92 Å². The Labute approximate surface area is 155 Å². The third kappa shape index (κ3) is 6.18. The van der Waals surface area contributed by atoms with E-state index in [0.717, 1.165) is 13.0 Å². The minimum atomic E-state index is -3.73. The molecular weight excluding hydrogens is 352 g/mol. The van der Waals surface area contributed by atoms with E-state index in [-0.39, 0.29) is 16.8 Å². The van der Waals surface area contributed by atoms with Gasteiger partial charge in [0.15, 0.2) is 5.82 Å². The van der Waals surface area contributed by atoms with Gasteiger partial charge in [0.25, 0.3) is 10.0 Å². The molecule has 1 aromatic heterocycles. The zero-order valence-corrected chi connectivity index (χ0v) is 16.4. The van der Waals surface area contributed by atoms with Crippen LogP contribution in [0.1, 0.15) is 34.1 Å². The third-order valence-electron chi connectivity index (χ3n) is 3.44. The molecule has 0 aliphatic heterocycles. The maximum atomic E-state index is 12.4. The Bertz CT molecular complexity index is 788. The fourth-order valence-corrected chi connectivity index (χ4v) is 3.13. The summed E-state index contributed by atoms with van der Waals surface area (Å²) in [5, 5.41) is 11.1. The van der Waals surface area contributed by atoms with Crippen LogP contribution in [0.3, 0.4) is 0 Å². The number of nitrogens with zero attached hydrogens (tertiary/aromatic N) is 2.